The Bertz CT molecular complexity index is 1250. The van der Waals surface area contributed by atoms with Gasteiger partial charge in [0.25, 0.3) is 0 Å². The highest BCUT2D eigenvalue weighted by Crippen LogP contribution is 2.41. The summed E-state index contributed by atoms with van der Waals surface area (Å²) in [6, 6.07) is 12.9. The molecule has 1 aliphatic rings. The molecule has 1 aromatic heterocycles. The number of fused-ring (bicyclic) bond motifs is 1. The van der Waals surface area contributed by atoms with Crippen LogP contribution >= 0.6 is 0 Å². The number of rotatable bonds is 8. The number of ether oxygens (including phenoxy) is 2. The van der Waals surface area contributed by atoms with Crippen molar-refractivity contribution in [2.75, 3.05) is 10.9 Å². The minimum absolute atomic E-state index is 0.304. The van der Waals surface area contributed by atoms with Crippen molar-refractivity contribution in [3.05, 3.63) is 71.9 Å². The number of anilines is 1. The van der Waals surface area contributed by atoms with E-state index in [1.165, 1.54) is 34.8 Å². The Morgan fingerprint density at radius 1 is 1.17 bits per heavy atom. The van der Waals surface area contributed by atoms with Crippen LogP contribution in [-0.2, 0) is 22.5 Å². The summed E-state index contributed by atoms with van der Waals surface area (Å²) in [7, 11) is 0. The fourth-order valence-corrected chi connectivity index (χ4v) is 4.90. The predicted molar refractivity (Wildman–Crippen MR) is 123 cm³/mol. The smallest absolute Gasteiger partial charge is 0.573 e. The molecule has 12 heteroatoms. The number of hydrogen-bond donors (Lipinski definition) is 1. The Balaban J connectivity index is 1.59. The van der Waals surface area contributed by atoms with E-state index in [0.29, 0.717) is 42.0 Å². The van der Waals surface area contributed by atoms with Gasteiger partial charge < -0.3 is 19.1 Å². The first-order chi connectivity index (χ1) is 17.1. The average molecular weight is 521 g/mol. The van der Waals surface area contributed by atoms with E-state index in [9.17, 15) is 26.7 Å². The molecule has 0 saturated carbocycles. The van der Waals surface area contributed by atoms with Gasteiger partial charge in [-0.25, -0.2) is 4.79 Å². The molecule has 0 radical (unpaired) electrons. The maximum Gasteiger partial charge on any atom is 0.573 e. The second-order valence-corrected chi connectivity index (χ2v) is 8.76. The van der Waals surface area contributed by atoms with Gasteiger partial charge in [-0.2, -0.15) is 0 Å². The summed E-state index contributed by atoms with van der Waals surface area (Å²) in [5.41, 5.74) is 2.74. The summed E-state index contributed by atoms with van der Waals surface area (Å²) >= 11 is -2.66. The predicted octanol–water partition coefficient (Wildman–Crippen LogP) is 4.79. The summed E-state index contributed by atoms with van der Waals surface area (Å²) in [4.78, 5) is 15.2. The van der Waals surface area contributed by atoms with E-state index in [-0.39, 0.29) is 5.75 Å². The third kappa shape index (κ3) is 5.94. The molecule has 190 valence electrons. The zero-order valence-corrected chi connectivity index (χ0v) is 19.4. The maximum absolute atomic E-state index is 12.4. The van der Waals surface area contributed by atoms with Crippen LogP contribution in [0.4, 0.5) is 18.9 Å². The van der Waals surface area contributed by atoms with E-state index >= 15 is 0 Å². The van der Waals surface area contributed by atoms with Gasteiger partial charge in [0, 0.05) is 16.8 Å². The zero-order chi connectivity index (χ0) is 25.9. The fourth-order valence-electron chi connectivity index (χ4n) is 4.19. The number of carbonyl (C=O) groups is 1. The van der Waals surface area contributed by atoms with Gasteiger partial charge in [-0.3, -0.25) is 13.5 Å². The molecule has 3 aromatic rings. The van der Waals surface area contributed by atoms with Gasteiger partial charge in [-0.15, -0.1) is 13.2 Å². The van der Waals surface area contributed by atoms with Crippen LogP contribution in [0, 0.1) is 0 Å². The fraction of sp³-hybridized carbons (Fsp3) is 0.250. The number of alkyl halides is 3. The van der Waals surface area contributed by atoms with Crippen molar-refractivity contribution < 1.29 is 41.3 Å². The summed E-state index contributed by atoms with van der Waals surface area (Å²) in [6.45, 7) is -0.507. The third-order valence-corrected chi connectivity index (χ3v) is 6.40. The number of hydrogen-bond acceptors (Lipinski definition) is 6. The van der Waals surface area contributed by atoms with Gasteiger partial charge in [0.05, 0.1) is 23.6 Å². The van der Waals surface area contributed by atoms with E-state index in [1.54, 1.807) is 30.3 Å². The third-order valence-electron chi connectivity index (χ3n) is 5.61. The Morgan fingerprint density at radius 3 is 2.53 bits per heavy atom. The van der Waals surface area contributed by atoms with Crippen molar-refractivity contribution in [1.29, 1.82) is 0 Å². The van der Waals surface area contributed by atoms with Crippen LogP contribution in [0.3, 0.4) is 0 Å². The molecule has 2 atom stereocenters. The molecule has 1 heterocycles. The first-order valence-electron chi connectivity index (χ1n) is 10.8. The van der Waals surface area contributed by atoms with E-state index < -0.39 is 36.2 Å². The lowest BCUT2D eigenvalue weighted by Crippen LogP contribution is -2.33. The van der Waals surface area contributed by atoms with Crippen LogP contribution in [0.1, 0.15) is 30.0 Å². The first kappa shape index (κ1) is 25.5. The lowest BCUT2D eigenvalue weighted by Gasteiger charge is -2.38. The molecule has 2 aromatic carbocycles. The number of aromatic nitrogens is 1. The molecule has 2 unspecified atom stereocenters. The molecule has 4 rings (SSSR count). The average Bonchev–Trinajstić information content (AvgIpc) is 2.83. The quantitative estimate of drug-likeness (QED) is 0.424. The molecule has 0 fully saturated rings. The second-order valence-electron chi connectivity index (χ2n) is 7.93. The van der Waals surface area contributed by atoms with E-state index in [4.69, 9.17) is 9.84 Å². The molecule has 0 aliphatic heterocycles. The van der Waals surface area contributed by atoms with Gasteiger partial charge in [0.2, 0.25) is 0 Å². The van der Waals surface area contributed by atoms with Crippen molar-refractivity contribution in [3.63, 3.8) is 0 Å². The summed E-state index contributed by atoms with van der Waals surface area (Å²) in [5.74, 6) is -1.07. The van der Waals surface area contributed by atoms with Crippen LogP contribution in [0.25, 0.3) is 11.3 Å². The van der Waals surface area contributed by atoms with Crippen LogP contribution < -0.4 is 13.8 Å². The zero-order valence-electron chi connectivity index (χ0n) is 18.6. The molecule has 36 heavy (non-hydrogen) atoms. The minimum atomic E-state index is -4.79. The lowest BCUT2D eigenvalue weighted by atomic mass is 9.87. The largest absolute Gasteiger partial charge is 0.755 e. The summed E-state index contributed by atoms with van der Waals surface area (Å²) in [6.07, 6.45) is -1.60. The van der Waals surface area contributed by atoms with Crippen molar-refractivity contribution in [2.24, 2.45) is 0 Å². The number of aliphatic carboxylic acids is 1. The Hall–Kier alpha value is -3.64. The van der Waals surface area contributed by atoms with Crippen molar-refractivity contribution >= 4 is 22.9 Å². The maximum atomic E-state index is 12.4. The Kier molecular flexibility index (Phi) is 7.45. The highest BCUT2D eigenvalue weighted by molar-refractivity contribution is 7.80. The second kappa shape index (κ2) is 10.5. The SMILES string of the molecule is O=C(O)COc1cccc2c1CCCC2N(c1ccc(-c2ccc(OC(F)(F)F)cc2)nc1)S(=O)[O-]. The highest BCUT2D eigenvalue weighted by Gasteiger charge is 2.31. The van der Waals surface area contributed by atoms with Gasteiger partial charge >= 0.3 is 12.3 Å². The Morgan fingerprint density at radius 2 is 1.92 bits per heavy atom. The highest BCUT2D eigenvalue weighted by atomic mass is 32.2. The topological polar surface area (TPSA) is 112 Å². The molecule has 0 saturated heterocycles. The van der Waals surface area contributed by atoms with Crippen LogP contribution in [0.5, 0.6) is 11.5 Å². The van der Waals surface area contributed by atoms with Gasteiger partial charge in [-0.1, -0.05) is 12.1 Å². The number of pyridine rings is 1. The van der Waals surface area contributed by atoms with Crippen LogP contribution in [0.2, 0.25) is 0 Å². The van der Waals surface area contributed by atoms with Gasteiger partial charge in [-0.05, 0) is 72.9 Å². The molecule has 1 N–H and O–H groups in total. The van der Waals surface area contributed by atoms with E-state index in [0.717, 1.165) is 11.1 Å². The Labute approximate surface area is 206 Å². The van der Waals surface area contributed by atoms with Crippen molar-refractivity contribution in [3.8, 4) is 22.8 Å². The van der Waals surface area contributed by atoms with E-state index in [2.05, 4.69) is 9.72 Å². The van der Waals surface area contributed by atoms with Gasteiger partial charge in [0.1, 0.15) is 11.5 Å². The van der Waals surface area contributed by atoms with Gasteiger partial charge in [0.15, 0.2) is 6.61 Å². The van der Waals surface area contributed by atoms with Crippen LogP contribution in [-0.4, -0.2) is 37.8 Å². The molecule has 0 bridgehead atoms. The molecule has 8 nitrogen and oxygen atoms in total. The monoisotopic (exact) mass is 521 g/mol. The molecule has 1 aliphatic carbocycles. The van der Waals surface area contributed by atoms with Crippen molar-refractivity contribution in [2.45, 2.75) is 31.7 Å². The number of benzene rings is 2. The lowest BCUT2D eigenvalue weighted by molar-refractivity contribution is -0.274. The number of nitrogens with zero attached hydrogens (tertiary/aromatic N) is 2. The molecule has 0 spiro atoms. The summed E-state index contributed by atoms with van der Waals surface area (Å²) in [5, 5.41) is 8.93. The van der Waals surface area contributed by atoms with E-state index in [1.807, 2.05) is 0 Å². The molecule has 0 amide bonds. The number of carboxylic acid groups (broad SMARTS) is 1. The standard InChI is InChI=1S/C24H21F3N2O6S/c25-24(26,27)35-17-10-7-15(8-11-17)20-12-9-16(13-28-20)29(36(32)33)21-5-1-4-19-18(21)3-2-6-22(19)34-14-23(30)31/h2-3,6-13,21H,1,4-5,14H2,(H,30,31)(H,32,33)/p-1. The number of carboxylic acids is 1. The van der Waals surface area contributed by atoms with Crippen molar-refractivity contribution in [1.82, 2.24) is 4.98 Å². The minimum Gasteiger partial charge on any atom is -0.755 e. The number of halogens is 3. The summed E-state index contributed by atoms with van der Waals surface area (Å²) < 4.78 is 72.2. The first-order valence-corrected chi connectivity index (χ1v) is 11.8. The molecular formula is C24H20F3N2O6S-. The normalized spacial score (nSPS) is 16.1. The molecular weight excluding hydrogens is 501 g/mol. The van der Waals surface area contributed by atoms with Crippen LogP contribution in [0.15, 0.2) is 60.8 Å².